The van der Waals surface area contributed by atoms with E-state index in [1.807, 2.05) is 0 Å². The van der Waals surface area contributed by atoms with Crippen LogP contribution in [0.1, 0.15) is 46.0 Å². The van der Waals surface area contributed by atoms with Crippen LogP contribution in [0, 0.1) is 28.6 Å². The van der Waals surface area contributed by atoms with Gasteiger partial charge in [0.05, 0.1) is 12.5 Å². The molecule has 0 radical (unpaired) electrons. The highest BCUT2D eigenvalue weighted by molar-refractivity contribution is 6.01. The molecular formula is C25H31F4NO5. The Morgan fingerprint density at radius 1 is 1.29 bits per heavy atom. The normalized spacial score (nSPS) is 47.1. The molecule has 35 heavy (non-hydrogen) atoms. The Balaban J connectivity index is 1.53. The number of allylic oxidation sites excluding steroid dienone is 4. The van der Waals surface area contributed by atoms with E-state index in [1.54, 1.807) is 19.9 Å². The minimum atomic E-state index is -4.39. The van der Waals surface area contributed by atoms with Crippen LogP contribution >= 0.6 is 0 Å². The van der Waals surface area contributed by atoms with Gasteiger partial charge in [-0.1, -0.05) is 18.6 Å². The lowest BCUT2D eigenvalue weighted by molar-refractivity contribution is -0.269. The Morgan fingerprint density at radius 3 is 2.66 bits per heavy atom. The van der Waals surface area contributed by atoms with E-state index in [1.165, 1.54) is 12.2 Å². The quantitative estimate of drug-likeness (QED) is 0.576. The maximum absolute atomic E-state index is 17.2. The molecule has 8 atom stereocenters. The lowest BCUT2D eigenvalue weighted by Gasteiger charge is -2.62. The molecule has 1 heterocycles. The summed E-state index contributed by atoms with van der Waals surface area (Å²) in [5.41, 5.74) is -5.35. The van der Waals surface area contributed by atoms with Crippen molar-refractivity contribution in [1.29, 1.82) is 0 Å². The molecule has 5 aliphatic rings. The van der Waals surface area contributed by atoms with Gasteiger partial charge >= 0.3 is 6.18 Å². The predicted octanol–water partition coefficient (Wildman–Crippen LogP) is 3.08. The van der Waals surface area contributed by atoms with Gasteiger partial charge in [-0.25, -0.2) is 4.39 Å². The van der Waals surface area contributed by atoms with Crippen molar-refractivity contribution < 1.29 is 42.2 Å². The average Bonchev–Trinajstić information content (AvgIpc) is 3.26. The first-order valence-electron chi connectivity index (χ1n) is 12.2. The van der Waals surface area contributed by atoms with Crippen molar-refractivity contribution in [2.24, 2.45) is 28.6 Å². The second-order valence-corrected chi connectivity index (χ2v) is 11.4. The number of hydrogen-bond donors (Lipinski definition) is 2. The summed E-state index contributed by atoms with van der Waals surface area (Å²) < 4.78 is 55.7. The molecule has 1 saturated heterocycles. The third-order valence-corrected chi connectivity index (χ3v) is 9.89. The number of fused-ring (bicyclic) bond motifs is 7. The lowest BCUT2D eigenvalue weighted by atomic mass is 9.44. The molecule has 6 nitrogen and oxygen atoms in total. The van der Waals surface area contributed by atoms with Gasteiger partial charge in [0, 0.05) is 35.8 Å². The van der Waals surface area contributed by atoms with E-state index in [-0.39, 0.29) is 18.7 Å². The highest BCUT2D eigenvalue weighted by Gasteiger charge is 2.78. The third-order valence-electron chi connectivity index (χ3n) is 9.89. The average molecular weight is 502 g/mol. The molecule has 4 fully saturated rings. The number of aliphatic hydroxyl groups is 2. The van der Waals surface area contributed by atoms with Gasteiger partial charge in [-0.3, -0.25) is 14.4 Å². The first kappa shape index (κ1) is 25.0. The second-order valence-electron chi connectivity index (χ2n) is 11.4. The number of nitrogens with zero attached hydrogens (tertiary/aromatic N) is 1. The van der Waals surface area contributed by atoms with Crippen molar-refractivity contribution in [2.45, 2.75) is 69.5 Å². The molecule has 0 unspecified atom stereocenters. The van der Waals surface area contributed by atoms with Crippen LogP contribution in [-0.2, 0) is 14.4 Å². The summed E-state index contributed by atoms with van der Waals surface area (Å²) in [6.45, 7) is 2.19. The Labute approximate surface area is 200 Å². The van der Waals surface area contributed by atoms with Gasteiger partial charge in [-0.2, -0.15) is 18.2 Å². The predicted molar refractivity (Wildman–Crippen MR) is 115 cm³/mol. The van der Waals surface area contributed by atoms with Crippen LogP contribution in [0.4, 0.5) is 17.6 Å². The van der Waals surface area contributed by atoms with Crippen LogP contribution in [0.25, 0.3) is 0 Å². The summed E-state index contributed by atoms with van der Waals surface area (Å²) in [7, 11) is 0. The van der Waals surface area contributed by atoms with Gasteiger partial charge in [0.25, 0.3) is 0 Å². The van der Waals surface area contributed by atoms with E-state index in [4.69, 9.17) is 4.84 Å². The van der Waals surface area contributed by atoms with Crippen LogP contribution in [0.2, 0.25) is 0 Å². The molecule has 3 saturated carbocycles. The van der Waals surface area contributed by atoms with Crippen molar-refractivity contribution in [3.8, 4) is 0 Å². The fourth-order valence-corrected chi connectivity index (χ4v) is 8.33. The fourth-order valence-electron chi connectivity index (χ4n) is 8.33. The number of carbonyl (C=O) groups excluding carboxylic acids is 2. The number of hydrogen-bond acceptors (Lipinski definition) is 6. The zero-order chi connectivity index (χ0) is 25.6. The SMILES string of the molecule is C[C@]12C=CC(=O)C=C1CC[C@H]1[C@@H]3C[C@H]4CN(CCC(F)(F)F)O[C@@]4(C(=O)CO)[C@@]3(C)C[C@H](O)[C@@]12F. The van der Waals surface area contributed by atoms with Gasteiger partial charge < -0.3 is 10.2 Å². The van der Waals surface area contributed by atoms with Gasteiger partial charge in [0.2, 0.25) is 0 Å². The van der Waals surface area contributed by atoms with Gasteiger partial charge in [0.1, 0.15) is 6.61 Å². The number of Topliss-reactive ketones (excluding diaryl/α,β-unsaturated/α-hetero) is 1. The molecular weight excluding hydrogens is 470 g/mol. The molecule has 4 aliphatic carbocycles. The first-order chi connectivity index (χ1) is 16.2. The minimum absolute atomic E-state index is 0.0623. The van der Waals surface area contributed by atoms with E-state index in [0.717, 1.165) is 5.06 Å². The summed E-state index contributed by atoms with van der Waals surface area (Å²) in [5, 5.41) is 22.4. The molecule has 0 spiro atoms. The van der Waals surface area contributed by atoms with E-state index >= 15 is 4.39 Å². The summed E-state index contributed by atoms with van der Waals surface area (Å²) >= 11 is 0. The Bertz CT molecular complexity index is 1010. The Morgan fingerprint density at radius 2 is 2.00 bits per heavy atom. The van der Waals surface area contributed by atoms with Crippen molar-refractivity contribution in [1.82, 2.24) is 5.06 Å². The standard InChI is InChI=1S/C25H31F4NO5/c1-21-6-5-16(32)9-14(21)3-4-17-18-10-15-12-30(8-7-23(26,27)28)35-25(15,20(34)13-31)22(18,2)11-19(33)24(17,21)29/h5-6,9,15,17-19,31,33H,3-4,7-8,10-13H2,1-2H3/t15-,17-,18-,19-,21-,22-,24-,25-/m0/s1. The van der Waals surface area contributed by atoms with Gasteiger partial charge in [0.15, 0.2) is 22.8 Å². The molecule has 1 aliphatic heterocycles. The zero-order valence-electron chi connectivity index (χ0n) is 19.8. The van der Waals surface area contributed by atoms with Gasteiger partial charge in [-0.05, 0) is 50.7 Å². The summed E-state index contributed by atoms with van der Waals surface area (Å²) in [6.07, 6.45) is -1.67. The molecule has 0 bridgehead atoms. The highest BCUT2D eigenvalue weighted by atomic mass is 19.4. The molecule has 0 aromatic rings. The van der Waals surface area contributed by atoms with E-state index in [0.29, 0.717) is 24.8 Å². The molecule has 2 N–H and O–H groups in total. The lowest BCUT2D eigenvalue weighted by Crippen LogP contribution is -2.69. The highest BCUT2D eigenvalue weighted by Crippen LogP contribution is 2.72. The van der Waals surface area contributed by atoms with Crippen LogP contribution in [0.3, 0.4) is 0 Å². The summed E-state index contributed by atoms with van der Waals surface area (Å²) in [6, 6.07) is 0. The molecule has 0 amide bonds. The largest absolute Gasteiger partial charge is 0.390 e. The zero-order valence-corrected chi connectivity index (χ0v) is 19.8. The maximum atomic E-state index is 17.2. The second kappa shape index (κ2) is 7.69. The number of rotatable bonds is 4. The van der Waals surface area contributed by atoms with E-state index in [9.17, 15) is 33.0 Å². The fraction of sp³-hybridized carbons (Fsp3) is 0.760. The molecule has 0 aromatic heterocycles. The van der Waals surface area contributed by atoms with Crippen LogP contribution in [0.15, 0.2) is 23.8 Å². The Kier molecular flexibility index (Phi) is 5.51. The Hall–Kier alpha value is -1.62. The van der Waals surface area contributed by atoms with Gasteiger partial charge in [-0.15, -0.1) is 0 Å². The third kappa shape index (κ3) is 3.15. The molecule has 5 rings (SSSR count). The van der Waals surface area contributed by atoms with Crippen molar-refractivity contribution >= 4 is 11.6 Å². The van der Waals surface area contributed by atoms with Crippen molar-refractivity contribution in [3.63, 3.8) is 0 Å². The van der Waals surface area contributed by atoms with Crippen LogP contribution < -0.4 is 0 Å². The van der Waals surface area contributed by atoms with Crippen LogP contribution in [0.5, 0.6) is 0 Å². The van der Waals surface area contributed by atoms with Crippen molar-refractivity contribution in [2.75, 3.05) is 19.7 Å². The molecule has 0 aromatic carbocycles. The maximum Gasteiger partial charge on any atom is 0.390 e. The number of alkyl halides is 4. The smallest absolute Gasteiger partial charge is 0.390 e. The number of hydroxylamine groups is 2. The summed E-state index contributed by atoms with van der Waals surface area (Å²) in [4.78, 5) is 31.2. The number of aliphatic hydroxyl groups excluding tert-OH is 2. The van der Waals surface area contributed by atoms with Crippen molar-refractivity contribution in [3.05, 3.63) is 23.8 Å². The number of halogens is 4. The van der Waals surface area contributed by atoms with E-state index in [2.05, 4.69) is 0 Å². The monoisotopic (exact) mass is 501 g/mol. The molecule has 10 heteroatoms. The first-order valence-corrected chi connectivity index (χ1v) is 12.2. The topological polar surface area (TPSA) is 87.1 Å². The summed E-state index contributed by atoms with van der Waals surface area (Å²) in [5.74, 6) is -2.45. The molecule has 194 valence electrons. The van der Waals surface area contributed by atoms with Crippen LogP contribution in [-0.4, -0.2) is 70.1 Å². The minimum Gasteiger partial charge on any atom is -0.390 e. The number of ketones is 2. The number of carbonyl (C=O) groups is 2. The van der Waals surface area contributed by atoms with E-state index < -0.39 is 77.5 Å².